The van der Waals surface area contributed by atoms with E-state index in [0.29, 0.717) is 28.5 Å². The average Bonchev–Trinajstić information content (AvgIpc) is 2.84. The van der Waals surface area contributed by atoms with Crippen molar-refractivity contribution in [3.05, 3.63) is 77.9 Å². The van der Waals surface area contributed by atoms with Gasteiger partial charge in [-0.15, -0.1) is 4.36 Å². The first-order valence-corrected chi connectivity index (χ1v) is 11.6. The minimum atomic E-state index is -3.04. The Labute approximate surface area is 202 Å². The van der Waals surface area contributed by atoms with E-state index >= 15 is 0 Å². The Morgan fingerprint density at radius 3 is 2.40 bits per heavy atom. The van der Waals surface area contributed by atoms with E-state index in [-0.39, 0.29) is 24.4 Å². The minimum Gasteiger partial charge on any atom is -0.494 e. The number of carbonyl (C=O) groups is 2. The summed E-state index contributed by atoms with van der Waals surface area (Å²) in [7, 11) is -3.04. The smallest absolute Gasteiger partial charge is 0.339 e. The van der Waals surface area contributed by atoms with Crippen molar-refractivity contribution < 1.29 is 27.9 Å². The Morgan fingerprint density at radius 2 is 1.74 bits per heavy atom. The number of rotatable bonds is 11. The Bertz CT molecular complexity index is 1380. The summed E-state index contributed by atoms with van der Waals surface area (Å²) in [5, 5.41) is 21.2. The number of aliphatic carboxylic acids is 1. The quantitative estimate of drug-likeness (QED) is 0.179. The standard InChI is InChI=1S/C24H24N4O6S/c25-22(26)17-10-12-18(13-11-17)34-14-4-9-21(29)27-15-24(23(30)31,28-35(32)33)20-8-3-6-16-5-1-2-7-19(16)20/h1-3,5-8,10-13H,4,9,14-15H2,(H3,25,26)(H,27,29)(H,30,31)/t24-/m1/s1. The fourth-order valence-electron chi connectivity index (χ4n) is 3.59. The molecule has 3 aromatic carbocycles. The van der Waals surface area contributed by atoms with Crippen LogP contribution in [0.15, 0.2) is 71.1 Å². The summed E-state index contributed by atoms with van der Waals surface area (Å²) in [5.41, 5.74) is 3.91. The zero-order chi connectivity index (χ0) is 25.4. The fourth-order valence-corrected chi connectivity index (χ4v) is 4.08. The molecule has 3 rings (SSSR count). The molecule has 1 amide bonds. The number of nitrogens with two attached hydrogens (primary N) is 1. The molecule has 0 unspecified atom stereocenters. The predicted octanol–water partition coefficient (Wildman–Crippen LogP) is 2.44. The highest BCUT2D eigenvalue weighted by Gasteiger charge is 2.43. The van der Waals surface area contributed by atoms with Crippen LogP contribution in [0.5, 0.6) is 5.75 Å². The summed E-state index contributed by atoms with van der Waals surface area (Å²) >= 11 is 0. The van der Waals surface area contributed by atoms with Crippen molar-refractivity contribution >= 4 is 39.0 Å². The highest BCUT2D eigenvalue weighted by Crippen LogP contribution is 2.32. The van der Waals surface area contributed by atoms with Crippen molar-refractivity contribution in [2.75, 3.05) is 13.2 Å². The Balaban J connectivity index is 1.69. The molecule has 0 aliphatic heterocycles. The van der Waals surface area contributed by atoms with Crippen LogP contribution in [0.25, 0.3) is 10.8 Å². The first-order valence-electron chi connectivity index (χ1n) is 10.6. The lowest BCUT2D eigenvalue weighted by Gasteiger charge is -2.25. The number of nitrogens with zero attached hydrogens (tertiary/aromatic N) is 1. The Kier molecular flexibility index (Phi) is 8.16. The van der Waals surface area contributed by atoms with Crippen LogP contribution in [0.4, 0.5) is 0 Å². The summed E-state index contributed by atoms with van der Waals surface area (Å²) in [5.74, 6) is -1.48. The minimum absolute atomic E-state index is 0.0250. The van der Waals surface area contributed by atoms with Crippen LogP contribution in [-0.4, -0.2) is 44.4 Å². The molecule has 3 aromatic rings. The van der Waals surface area contributed by atoms with Crippen molar-refractivity contribution in [3.8, 4) is 5.75 Å². The van der Waals surface area contributed by atoms with Gasteiger partial charge in [-0.25, -0.2) is 4.79 Å². The molecule has 182 valence electrons. The van der Waals surface area contributed by atoms with Gasteiger partial charge in [0.05, 0.1) is 13.2 Å². The van der Waals surface area contributed by atoms with Gasteiger partial charge in [-0.05, 0) is 41.5 Å². The fraction of sp³-hybridized carbons (Fsp3) is 0.208. The number of benzene rings is 3. The number of hydrogen-bond donors (Lipinski definition) is 4. The van der Waals surface area contributed by atoms with E-state index in [9.17, 15) is 23.1 Å². The molecule has 0 heterocycles. The highest BCUT2D eigenvalue weighted by atomic mass is 32.2. The summed E-state index contributed by atoms with van der Waals surface area (Å²) in [6.45, 7) is -0.328. The summed E-state index contributed by atoms with van der Waals surface area (Å²) < 4.78 is 32.1. The molecule has 1 atom stereocenters. The van der Waals surface area contributed by atoms with Gasteiger partial charge in [-0.2, -0.15) is 8.42 Å². The Hall–Kier alpha value is -4.25. The molecule has 11 heteroatoms. The van der Waals surface area contributed by atoms with E-state index in [4.69, 9.17) is 15.9 Å². The number of fused-ring (bicyclic) bond motifs is 1. The number of nitrogens with one attached hydrogen (secondary N) is 2. The van der Waals surface area contributed by atoms with Gasteiger partial charge < -0.3 is 20.9 Å². The van der Waals surface area contributed by atoms with Crippen molar-refractivity contribution in [3.63, 3.8) is 0 Å². The van der Waals surface area contributed by atoms with Crippen LogP contribution < -0.4 is 15.8 Å². The van der Waals surface area contributed by atoms with E-state index in [0.717, 1.165) is 0 Å². The van der Waals surface area contributed by atoms with Gasteiger partial charge in [0.1, 0.15) is 11.6 Å². The third-order valence-corrected chi connectivity index (χ3v) is 5.80. The van der Waals surface area contributed by atoms with Crippen LogP contribution in [0.2, 0.25) is 0 Å². The molecule has 35 heavy (non-hydrogen) atoms. The number of amidine groups is 1. The second kappa shape index (κ2) is 11.3. The van der Waals surface area contributed by atoms with Crippen LogP contribution in [-0.2, 0) is 25.6 Å². The molecule has 0 saturated heterocycles. The third-order valence-electron chi connectivity index (χ3n) is 5.34. The van der Waals surface area contributed by atoms with E-state index in [1.807, 2.05) is 0 Å². The van der Waals surface area contributed by atoms with Gasteiger partial charge >= 0.3 is 16.5 Å². The number of carboxylic acids is 1. The second-order valence-corrected chi connectivity index (χ2v) is 8.28. The third kappa shape index (κ3) is 6.21. The zero-order valence-electron chi connectivity index (χ0n) is 18.6. The SMILES string of the molecule is N=C(N)c1ccc(OCCCC(=O)NC[C@](N=S(=O)=O)(C(=O)O)c2cccc3ccccc23)cc1. The molecule has 0 aliphatic carbocycles. The number of ether oxygens (including phenoxy) is 1. The van der Waals surface area contributed by atoms with E-state index < -0.39 is 34.5 Å². The number of amides is 1. The molecular weight excluding hydrogens is 472 g/mol. The van der Waals surface area contributed by atoms with Crippen LogP contribution in [0.3, 0.4) is 0 Å². The first kappa shape index (κ1) is 25.4. The van der Waals surface area contributed by atoms with Crippen LogP contribution in [0, 0.1) is 5.41 Å². The molecule has 0 fully saturated rings. The number of carboxylic acid groups (broad SMARTS) is 1. The van der Waals surface area contributed by atoms with Gasteiger partial charge in [0.2, 0.25) is 11.4 Å². The monoisotopic (exact) mass is 496 g/mol. The van der Waals surface area contributed by atoms with Gasteiger partial charge in [-0.3, -0.25) is 10.2 Å². The molecule has 0 saturated carbocycles. The largest absolute Gasteiger partial charge is 0.494 e. The number of carbonyl (C=O) groups excluding carboxylic acids is 1. The highest BCUT2D eigenvalue weighted by molar-refractivity contribution is 7.61. The lowest BCUT2D eigenvalue weighted by atomic mass is 9.87. The zero-order valence-corrected chi connectivity index (χ0v) is 19.4. The summed E-state index contributed by atoms with van der Waals surface area (Å²) in [6.07, 6.45) is 0.358. The van der Waals surface area contributed by atoms with Crippen LogP contribution in [0.1, 0.15) is 24.0 Å². The number of nitrogen functional groups attached to an aromatic ring is 1. The topological polar surface area (TPSA) is 172 Å². The second-order valence-electron chi connectivity index (χ2n) is 7.67. The normalized spacial score (nSPS) is 12.3. The van der Waals surface area contributed by atoms with Gasteiger partial charge in [0.15, 0.2) is 0 Å². The molecular formula is C24H24N4O6S. The van der Waals surface area contributed by atoms with Crippen molar-refractivity contribution in [1.29, 1.82) is 5.41 Å². The maximum absolute atomic E-state index is 12.4. The Morgan fingerprint density at radius 1 is 1.06 bits per heavy atom. The molecule has 0 bridgehead atoms. The summed E-state index contributed by atoms with van der Waals surface area (Å²) in [6, 6.07) is 18.4. The molecule has 0 aliphatic rings. The van der Waals surface area contributed by atoms with Gasteiger partial charge in [0.25, 0.3) is 0 Å². The van der Waals surface area contributed by atoms with Gasteiger partial charge in [-0.1, -0.05) is 42.5 Å². The van der Waals surface area contributed by atoms with Crippen molar-refractivity contribution in [1.82, 2.24) is 5.32 Å². The molecule has 0 radical (unpaired) electrons. The first-order chi connectivity index (χ1) is 16.7. The van der Waals surface area contributed by atoms with Crippen LogP contribution >= 0.6 is 0 Å². The van der Waals surface area contributed by atoms with Gasteiger partial charge in [0, 0.05) is 17.5 Å². The average molecular weight is 497 g/mol. The van der Waals surface area contributed by atoms with E-state index in [1.54, 1.807) is 60.7 Å². The molecule has 0 aromatic heterocycles. The maximum atomic E-state index is 12.4. The van der Waals surface area contributed by atoms with E-state index in [2.05, 4.69) is 9.68 Å². The lowest BCUT2D eigenvalue weighted by Crippen LogP contribution is -2.45. The molecule has 5 N–H and O–H groups in total. The van der Waals surface area contributed by atoms with Crippen molar-refractivity contribution in [2.24, 2.45) is 10.1 Å². The maximum Gasteiger partial charge on any atom is 0.339 e. The molecule has 10 nitrogen and oxygen atoms in total. The molecule has 0 spiro atoms. The lowest BCUT2D eigenvalue weighted by molar-refractivity contribution is -0.143. The predicted molar refractivity (Wildman–Crippen MR) is 130 cm³/mol. The van der Waals surface area contributed by atoms with E-state index in [1.165, 1.54) is 6.07 Å². The van der Waals surface area contributed by atoms with Crippen molar-refractivity contribution in [2.45, 2.75) is 18.4 Å². The summed E-state index contributed by atoms with van der Waals surface area (Å²) in [4.78, 5) is 24.8. The number of hydrogen-bond acceptors (Lipinski definition) is 7.